The van der Waals surface area contributed by atoms with Crippen molar-refractivity contribution in [2.24, 2.45) is 0 Å². The van der Waals surface area contributed by atoms with Gasteiger partial charge in [-0.15, -0.1) is 0 Å². The first-order valence-corrected chi connectivity index (χ1v) is 26.9. The molecule has 0 aliphatic carbocycles. The van der Waals surface area contributed by atoms with Crippen molar-refractivity contribution in [3.8, 4) is 0 Å². The lowest BCUT2D eigenvalue weighted by Gasteiger charge is -2.09. The van der Waals surface area contributed by atoms with Gasteiger partial charge in [-0.3, -0.25) is 9.59 Å². The van der Waals surface area contributed by atoms with Crippen molar-refractivity contribution in [3.63, 3.8) is 0 Å². The van der Waals surface area contributed by atoms with Crippen molar-refractivity contribution in [1.82, 2.24) is 0 Å². The van der Waals surface area contributed by atoms with E-state index in [9.17, 15) is 9.59 Å². The van der Waals surface area contributed by atoms with E-state index in [0.717, 1.165) is 25.7 Å². The molecule has 15 heteroatoms. The highest BCUT2D eigenvalue weighted by Gasteiger charge is 2.05. The number of hydrogen-bond acceptors (Lipinski definition) is 15. The Hall–Kier alpha value is -1.50. The Morgan fingerprint density at radius 3 is 0.537 bits per heavy atom. The molecule has 0 heterocycles. The Labute approximate surface area is 408 Å². The summed E-state index contributed by atoms with van der Waals surface area (Å²) in [5.74, 6) is -0.276. The van der Waals surface area contributed by atoms with Crippen LogP contribution in [0, 0.1) is 0 Å². The first kappa shape index (κ1) is 65.5. The van der Waals surface area contributed by atoms with Crippen LogP contribution in [0.25, 0.3) is 0 Å². The minimum Gasteiger partial charge on any atom is -0.463 e. The van der Waals surface area contributed by atoms with Gasteiger partial charge in [-0.25, -0.2) is 0 Å². The van der Waals surface area contributed by atoms with Gasteiger partial charge in [0.25, 0.3) is 0 Å². The molecule has 67 heavy (non-hydrogen) atoms. The second-order valence-corrected chi connectivity index (χ2v) is 16.7. The summed E-state index contributed by atoms with van der Waals surface area (Å²) >= 11 is 0. The standard InChI is InChI=1S/C52H102O15/c1-3-5-7-9-11-12-13-14-15-16-17-18-20-22-24-26-52(54)67-50-48-65-46-44-63-42-40-61-38-36-59-34-32-57-30-28-55-27-29-56-31-33-58-35-37-60-39-41-62-43-45-64-47-49-66-51(53)25-23-21-19-10-8-6-4-2/h3-50H2,1-2H3. The van der Waals surface area contributed by atoms with Crippen molar-refractivity contribution in [2.75, 3.05) is 159 Å². The number of unbranched alkanes of at least 4 members (excludes halogenated alkanes) is 20. The Morgan fingerprint density at radius 2 is 0.358 bits per heavy atom. The van der Waals surface area contributed by atoms with Crippen molar-refractivity contribution in [2.45, 2.75) is 168 Å². The molecule has 0 aromatic carbocycles. The second kappa shape index (κ2) is 60.6. The maximum atomic E-state index is 11.9. The molecule has 0 saturated heterocycles. The van der Waals surface area contributed by atoms with Crippen LogP contribution in [0.2, 0.25) is 0 Å². The zero-order valence-electron chi connectivity index (χ0n) is 43.1. The van der Waals surface area contributed by atoms with E-state index >= 15 is 0 Å². The van der Waals surface area contributed by atoms with Crippen LogP contribution < -0.4 is 0 Å². The van der Waals surface area contributed by atoms with Crippen molar-refractivity contribution < 1.29 is 71.2 Å². The summed E-state index contributed by atoms with van der Waals surface area (Å²) in [7, 11) is 0. The summed E-state index contributed by atoms with van der Waals surface area (Å²) < 4.78 is 71.0. The minimum atomic E-state index is -0.143. The summed E-state index contributed by atoms with van der Waals surface area (Å²) in [4.78, 5) is 23.7. The Kier molecular flexibility index (Phi) is 59.3. The van der Waals surface area contributed by atoms with Crippen molar-refractivity contribution >= 4 is 11.9 Å². The molecule has 0 spiro atoms. The average molecular weight is 967 g/mol. The van der Waals surface area contributed by atoms with E-state index in [1.807, 2.05) is 0 Å². The summed E-state index contributed by atoms with van der Waals surface area (Å²) in [6, 6.07) is 0. The fourth-order valence-electron chi connectivity index (χ4n) is 6.74. The third-order valence-corrected chi connectivity index (χ3v) is 10.7. The first-order chi connectivity index (χ1) is 33.2. The highest BCUT2D eigenvalue weighted by Crippen LogP contribution is 2.14. The van der Waals surface area contributed by atoms with E-state index in [4.69, 9.17) is 61.6 Å². The third-order valence-electron chi connectivity index (χ3n) is 10.7. The molecule has 0 fully saturated rings. The lowest BCUT2D eigenvalue weighted by molar-refractivity contribution is -0.146. The van der Waals surface area contributed by atoms with Gasteiger partial charge < -0.3 is 61.6 Å². The molecule has 0 aromatic rings. The highest BCUT2D eigenvalue weighted by molar-refractivity contribution is 5.69. The van der Waals surface area contributed by atoms with Gasteiger partial charge in [-0.1, -0.05) is 142 Å². The topological polar surface area (TPSA) is 154 Å². The molecule has 0 aromatic heterocycles. The van der Waals surface area contributed by atoms with Crippen molar-refractivity contribution in [1.29, 1.82) is 0 Å². The van der Waals surface area contributed by atoms with Gasteiger partial charge in [0.1, 0.15) is 13.2 Å². The Bertz CT molecular complexity index is 947. The van der Waals surface area contributed by atoms with Gasteiger partial charge in [-0.05, 0) is 12.8 Å². The van der Waals surface area contributed by atoms with Crippen LogP contribution in [-0.4, -0.2) is 171 Å². The zero-order valence-corrected chi connectivity index (χ0v) is 43.1. The molecule has 0 bridgehead atoms. The maximum Gasteiger partial charge on any atom is 0.305 e. The molecule has 0 rings (SSSR count). The third kappa shape index (κ3) is 60.6. The number of carbonyl (C=O) groups is 2. The van der Waals surface area contributed by atoms with E-state index in [1.165, 1.54) is 116 Å². The lowest BCUT2D eigenvalue weighted by atomic mass is 10.0. The van der Waals surface area contributed by atoms with E-state index in [1.54, 1.807) is 0 Å². The van der Waals surface area contributed by atoms with Gasteiger partial charge in [0.05, 0.1) is 145 Å². The van der Waals surface area contributed by atoms with Crippen LogP contribution in [0.4, 0.5) is 0 Å². The predicted molar refractivity (Wildman–Crippen MR) is 263 cm³/mol. The smallest absolute Gasteiger partial charge is 0.305 e. The number of carbonyl (C=O) groups excluding carboxylic acids is 2. The maximum absolute atomic E-state index is 11.9. The number of rotatable bonds is 60. The molecule has 0 aliphatic rings. The van der Waals surface area contributed by atoms with E-state index < -0.39 is 0 Å². The molecular formula is C52H102O15. The lowest BCUT2D eigenvalue weighted by Crippen LogP contribution is -2.16. The molecule has 0 aliphatic heterocycles. The fraction of sp³-hybridized carbons (Fsp3) is 0.962. The quantitative estimate of drug-likeness (QED) is 0.0419. The van der Waals surface area contributed by atoms with Gasteiger partial charge in [-0.2, -0.15) is 0 Å². The van der Waals surface area contributed by atoms with Crippen LogP contribution in [0.5, 0.6) is 0 Å². The Morgan fingerprint density at radius 1 is 0.209 bits per heavy atom. The minimum absolute atomic E-state index is 0.133. The average Bonchev–Trinajstić information content (AvgIpc) is 3.33. The normalized spacial score (nSPS) is 11.5. The Balaban J connectivity index is 3.15. The molecule has 0 radical (unpaired) electrons. The van der Waals surface area contributed by atoms with E-state index in [-0.39, 0.29) is 25.2 Å². The van der Waals surface area contributed by atoms with Crippen LogP contribution >= 0.6 is 0 Å². The van der Waals surface area contributed by atoms with Gasteiger partial charge in [0.15, 0.2) is 0 Å². The monoisotopic (exact) mass is 967 g/mol. The molecule has 0 unspecified atom stereocenters. The number of esters is 2. The highest BCUT2D eigenvalue weighted by atomic mass is 16.6. The number of hydrogen-bond donors (Lipinski definition) is 0. The van der Waals surface area contributed by atoms with Crippen LogP contribution in [0.3, 0.4) is 0 Å². The molecule has 15 nitrogen and oxygen atoms in total. The van der Waals surface area contributed by atoms with Crippen LogP contribution in [0.15, 0.2) is 0 Å². The van der Waals surface area contributed by atoms with Crippen LogP contribution in [-0.2, 0) is 71.2 Å². The summed E-state index contributed by atoms with van der Waals surface area (Å²) in [6.45, 7) is 15.5. The first-order valence-electron chi connectivity index (χ1n) is 26.9. The SMILES string of the molecule is CCCCCCCCCCCCCCCCCC(=O)OCCOCCOCCOCCOCCOCCOCCOCCOCCOCCOCCOCCOC(=O)CCCCCCCCC. The largest absolute Gasteiger partial charge is 0.463 e. The predicted octanol–water partition coefficient (Wildman–Crippen LogP) is 9.66. The van der Waals surface area contributed by atoms with Crippen LogP contribution in [0.1, 0.15) is 168 Å². The summed E-state index contributed by atoms with van der Waals surface area (Å²) in [5.41, 5.74) is 0. The van der Waals surface area contributed by atoms with Crippen molar-refractivity contribution in [3.05, 3.63) is 0 Å². The molecule has 400 valence electrons. The van der Waals surface area contributed by atoms with E-state index in [0.29, 0.717) is 158 Å². The second-order valence-electron chi connectivity index (χ2n) is 16.7. The molecule has 0 N–H and O–H groups in total. The van der Waals surface area contributed by atoms with E-state index in [2.05, 4.69) is 13.8 Å². The molecule has 0 amide bonds. The molecule has 0 saturated carbocycles. The molecule has 0 atom stereocenters. The zero-order chi connectivity index (χ0) is 48.3. The summed E-state index contributed by atoms with van der Waals surface area (Å²) in [6.07, 6.45) is 28.9. The fourth-order valence-corrected chi connectivity index (χ4v) is 6.74. The van der Waals surface area contributed by atoms with Gasteiger partial charge in [0, 0.05) is 12.8 Å². The summed E-state index contributed by atoms with van der Waals surface area (Å²) in [5, 5.41) is 0. The molecular weight excluding hydrogens is 865 g/mol. The van der Waals surface area contributed by atoms with Gasteiger partial charge >= 0.3 is 11.9 Å². The number of ether oxygens (including phenoxy) is 13. The van der Waals surface area contributed by atoms with Gasteiger partial charge in [0.2, 0.25) is 0 Å².